The van der Waals surface area contributed by atoms with Crippen LogP contribution >= 0.6 is 0 Å². The first kappa shape index (κ1) is 37.4. The first-order valence-corrected chi connectivity index (χ1v) is 13.2. The van der Waals surface area contributed by atoms with Gasteiger partial charge in [0.25, 0.3) is 5.91 Å². The third-order valence-electron chi connectivity index (χ3n) is 6.11. The Labute approximate surface area is 250 Å². The van der Waals surface area contributed by atoms with Gasteiger partial charge in [-0.3, -0.25) is 28.8 Å². The summed E-state index contributed by atoms with van der Waals surface area (Å²) in [6.45, 7) is 0.0760. The average molecular weight is 628 g/mol. The van der Waals surface area contributed by atoms with Crippen molar-refractivity contribution in [3.63, 3.8) is 0 Å². The number of hydrogen-bond acceptors (Lipinski definition) is 12. The van der Waals surface area contributed by atoms with E-state index in [-0.39, 0.29) is 12.0 Å². The summed E-state index contributed by atoms with van der Waals surface area (Å²) < 4.78 is 5.08. The second-order valence-electron chi connectivity index (χ2n) is 9.55. The van der Waals surface area contributed by atoms with Crippen LogP contribution in [0.4, 0.5) is 4.79 Å². The van der Waals surface area contributed by atoms with Crippen molar-refractivity contribution >= 4 is 41.5 Å². The number of carbonyl (C=O) groups is 7. The minimum Gasteiger partial charge on any atom is -0.480 e. The summed E-state index contributed by atoms with van der Waals surface area (Å²) in [4.78, 5) is 85.1. The molecule has 18 nitrogen and oxygen atoms in total. The Hall–Kier alpha value is -4.65. The predicted octanol–water partition coefficient (Wildman–Crippen LogP) is -4.12. The molecule has 0 heterocycles. The van der Waals surface area contributed by atoms with Crippen molar-refractivity contribution in [3.8, 4) is 0 Å². The lowest BCUT2D eigenvalue weighted by Crippen LogP contribution is -2.59. The summed E-state index contributed by atoms with van der Waals surface area (Å²) in [5.41, 5.74) is 5.35. The summed E-state index contributed by atoms with van der Waals surface area (Å²) in [6.07, 6.45) is -8.45. The largest absolute Gasteiger partial charge is 0.480 e. The third-order valence-corrected chi connectivity index (χ3v) is 6.11. The highest BCUT2D eigenvalue weighted by molar-refractivity contribution is 5.98. The number of carboxylic acids is 1. The van der Waals surface area contributed by atoms with Crippen LogP contribution in [0.5, 0.6) is 0 Å². The first-order valence-electron chi connectivity index (χ1n) is 13.2. The fourth-order valence-corrected chi connectivity index (χ4v) is 3.59. The number of primary amides is 1. The van der Waals surface area contributed by atoms with Gasteiger partial charge in [0.05, 0.1) is 13.2 Å². The van der Waals surface area contributed by atoms with Gasteiger partial charge in [-0.25, -0.2) is 4.79 Å². The van der Waals surface area contributed by atoms with Gasteiger partial charge in [-0.15, -0.1) is 0 Å². The fraction of sp³-hybridized carbons (Fsp3) is 0.500. The minimum absolute atomic E-state index is 0.0917. The molecular weight excluding hydrogens is 590 g/mol. The molecule has 7 atom stereocenters. The van der Waals surface area contributed by atoms with Crippen molar-refractivity contribution in [1.82, 2.24) is 21.3 Å². The van der Waals surface area contributed by atoms with Gasteiger partial charge in [0, 0.05) is 12.0 Å². The molecule has 0 aliphatic rings. The van der Waals surface area contributed by atoms with Gasteiger partial charge < -0.3 is 57.3 Å². The maximum absolute atomic E-state index is 12.7. The van der Waals surface area contributed by atoms with Gasteiger partial charge in [0.2, 0.25) is 17.7 Å². The van der Waals surface area contributed by atoms with Gasteiger partial charge in [-0.2, -0.15) is 0 Å². The van der Waals surface area contributed by atoms with Crippen molar-refractivity contribution in [2.45, 2.75) is 69.2 Å². The molecule has 18 heteroatoms. The lowest BCUT2D eigenvalue weighted by Gasteiger charge is -2.32. The van der Waals surface area contributed by atoms with E-state index >= 15 is 0 Å². The van der Waals surface area contributed by atoms with Crippen LogP contribution in [0.25, 0.3) is 0 Å². The van der Waals surface area contributed by atoms with Crippen molar-refractivity contribution in [2.75, 3.05) is 13.2 Å². The van der Waals surface area contributed by atoms with E-state index in [9.17, 15) is 54.0 Å². The van der Waals surface area contributed by atoms with E-state index in [4.69, 9.17) is 15.6 Å². The molecular formula is C26H37N5O13. The fourth-order valence-electron chi connectivity index (χ4n) is 3.59. The van der Waals surface area contributed by atoms with Crippen LogP contribution < -0.4 is 27.0 Å². The zero-order valence-corrected chi connectivity index (χ0v) is 23.8. The highest BCUT2D eigenvalue weighted by atomic mass is 16.6. The standard InChI is InChI=1S/C26H37N5O13/c1-12(25(41)42)28-18(36)9-8-15(22(27)38)29-24(40)16(10-32)30-26(43)44-21(20(37)17(35)11-33)19(13(2)34)31-23(39)14-6-4-3-5-7-14/h3-7,12,15-17,19-21,32-33,35,37H,8-11H2,1-2H3,(H2,27,38)(H,28,36)(H,29,40)(H,30,43)(H,31,39)(H,41,42)/t12?,15?,16?,17-,19+,20-,21-/m1/s1. The highest BCUT2D eigenvalue weighted by Gasteiger charge is 2.40. The Kier molecular flexibility index (Phi) is 15.4. The summed E-state index contributed by atoms with van der Waals surface area (Å²) in [7, 11) is 0. The Balaban J connectivity index is 3.03. The first-order chi connectivity index (χ1) is 20.6. The van der Waals surface area contributed by atoms with Crippen LogP contribution in [0, 0.1) is 0 Å². The molecule has 0 fully saturated rings. The Morgan fingerprint density at radius 3 is 2.00 bits per heavy atom. The van der Waals surface area contributed by atoms with Gasteiger partial charge >= 0.3 is 12.1 Å². The van der Waals surface area contributed by atoms with E-state index in [0.29, 0.717) is 0 Å². The summed E-state index contributed by atoms with van der Waals surface area (Å²) in [5.74, 6) is -6.01. The second kappa shape index (κ2) is 18.1. The number of ketones is 1. The molecule has 0 aliphatic carbocycles. The molecule has 0 saturated carbocycles. The molecule has 5 amide bonds. The van der Waals surface area contributed by atoms with Crippen LogP contribution in [0.3, 0.4) is 0 Å². The van der Waals surface area contributed by atoms with Crippen LogP contribution in [0.1, 0.15) is 37.0 Å². The molecule has 0 aromatic heterocycles. The number of rotatable bonds is 18. The number of nitrogens with one attached hydrogen (secondary N) is 4. The number of hydrogen-bond donors (Lipinski definition) is 10. The molecule has 11 N–H and O–H groups in total. The van der Waals surface area contributed by atoms with E-state index in [1.54, 1.807) is 6.07 Å². The SMILES string of the molecule is CC(=O)[C@H](NC(=O)c1ccccc1)[C@@H](OC(=O)NC(CO)C(=O)NC(CCC(=O)NC(C)C(=O)O)C(N)=O)[C@H](O)[C@H](O)CO. The van der Waals surface area contributed by atoms with Crippen molar-refractivity contribution in [3.05, 3.63) is 35.9 Å². The molecule has 0 aliphatic heterocycles. The summed E-state index contributed by atoms with van der Waals surface area (Å²) >= 11 is 0. The van der Waals surface area contributed by atoms with Gasteiger partial charge in [0.1, 0.15) is 36.4 Å². The Morgan fingerprint density at radius 2 is 1.50 bits per heavy atom. The molecule has 244 valence electrons. The second-order valence-corrected chi connectivity index (χ2v) is 9.55. The number of amides is 5. The van der Waals surface area contributed by atoms with Gasteiger partial charge in [0.15, 0.2) is 11.9 Å². The van der Waals surface area contributed by atoms with E-state index < -0.39 is 104 Å². The molecule has 3 unspecified atom stereocenters. The smallest absolute Gasteiger partial charge is 0.408 e. The number of carbonyl (C=O) groups excluding carboxylic acids is 6. The number of aliphatic hydroxyl groups is 4. The molecule has 1 aromatic rings. The summed E-state index contributed by atoms with van der Waals surface area (Å²) in [6, 6.07) is 1.18. The average Bonchev–Trinajstić information content (AvgIpc) is 2.98. The molecule has 0 bridgehead atoms. The Bertz CT molecular complexity index is 1180. The summed E-state index contributed by atoms with van der Waals surface area (Å²) in [5, 5.41) is 56.8. The zero-order valence-electron chi connectivity index (χ0n) is 23.8. The van der Waals surface area contributed by atoms with Crippen LogP contribution in [0.15, 0.2) is 30.3 Å². The normalized spacial score (nSPS) is 15.6. The monoisotopic (exact) mass is 627 g/mol. The molecule has 1 rings (SSSR count). The number of aliphatic carboxylic acids is 1. The van der Waals surface area contributed by atoms with E-state index in [2.05, 4.69) is 16.0 Å². The number of Topliss-reactive ketones (excluding diaryl/α,β-unsaturated/α-hetero) is 1. The zero-order chi connectivity index (χ0) is 33.6. The van der Waals surface area contributed by atoms with Crippen LogP contribution in [0.2, 0.25) is 0 Å². The number of alkyl carbamates (subject to hydrolysis) is 1. The van der Waals surface area contributed by atoms with Crippen molar-refractivity contribution in [1.29, 1.82) is 0 Å². The van der Waals surface area contributed by atoms with Crippen molar-refractivity contribution < 1.29 is 63.8 Å². The molecule has 44 heavy (non-hydrogen) atoms. The lowest BCUT2D eigenvalue weighted by atomic mass is 9.97. The third kappa shape index (κ3) is 11.9. The predicted molar refractivity (Wildman–Crippen MR) is 147 cm³/mol. The van der Waals surface area contributed by atoms with Crippen LogP contribution in [-0.2, 0) is 28.7 Å². The number of ether oxygens (including phenoxy) is 1. The quantitative estimate of drug-likeness (QED) is 0.0741. The van der Waals surface area contributed by atoms with Crippen LogP contribution in [-0.4, -0.2) is 123 Å². The number of carboxylic acid groups (broad SMARTS) is 1. The van der Waals surface area contributed by atoms with E-state index in [1.807, 2.05) is 5.32 Å². The molecule has 0 radical (unpaired) electrons. The highest BCUT2D eigenvalue weighted by Crippen LogP contribution is 2.13. The number of nitrogens with two attached hydrogens (primary N) is 1. The lowest BCUT2D eigenvalue weighted by molar-refractivity contribution is -0.141. The molecule has 1 aromatic carbocycles. The Morgan fingerprint density at radius 1 is 0.886 bits per heavy atom. The van der Waals surface area contributed by atoms with E-state index in [0.717, 1.165) is 6.92 Å². The minimum atomic E-state index is -2.13. The van der Waals surface area contributed by atoms with E-state index in [1.165, 1.54) is 31.2 Å². The maximum atomic E-state index is 12.7. The number of aliphatic hydroxyl groups excluding tert-OH is 4. The van der Waals surface area contributed by atoms with Crippen molar-refractivity contribution in [2.24, 2.45) is 5.73 Å². The topological polar surface area (TPSA) is 304 Å². The van der Waals surface area contributed by atoms with Gasteiger partial charge in [-0.1, -0.05) is 18.2 Å². The van der Waals surface area contributed by atoms with Gasteiger partial charge in [-0.05, 0) is 32.4 Å². The number of benzene rings is 1. The maximum Gasteiger partial charge on any atom is 0.408 e. The molecule has 0 spiro atoms. The molecule has 0 saturated heterocycles.